The molecule has 28 heavy (non-hydrogen) atoms. The van der Waals surface area contributed by atoms with E-state index in [1.54, 1.807) is 4.57 Å². The highest BCUT2D eigenvalue weighted by Crippen LogP contribution is 2.25. The molecule has 146 valence electrons. The monoisotopic (exact) mass is 415 g/mol. The second kappa shape index (κ2) is 7.29. The lowest BCUT2D eigenvalue weighted by molar-refractivity contribution is 0.434. The van der Waals surface area contributed by atoms with Gasteiger partial charge in [-0.15, -0.1) is 0 Å². The summed E-state index contributed by atoms with van der Waals surface area (Å²) in [5.41, 5.74) is 1.83. The standard InChI is InChI=1S/C20H22ClN5OS/c1-11-7-9-25(10-8-11)20-23-17-16(18(27)24-20)19(28)26(13(3)22-17)15-6-4-5-14(21)12(15)2/h4-6,11H,7-10H2,1-3H3,(H,23,24,27). The molecule has 1 aromatic carbocycles. The highest BCUT2D eigenvalue weighted by molar-refractivity contribution is 7.71. The Kier molecular flexibility index (Phi) is 4.97. The summed E-state index contributed by atoms with van der Waals surface area (Å²) >= 11 is 12.0. The summed E-state index contributed by atoms with van der Waals surface area (Å²) in [7, 11) is 0. The number of nitrogens with one attached hydrogen (secondary N) is 1. The normalized spacial score (nSPS) is 15.4. The third kappa shape index (κ3) is 3.22. The first-order valence-corrected chi connectivity index (χ1v) is 10.2. The molecule has 0 spiro atoms. The largest absolute Gasteiger partial charge is 0.342 e. The first kappa shape index (κ1) is 19.1. The van der Waals surface area contributed by atoms with Gasteiger partial charge in [0.25, 0.3) is 5.56 Å². The minimum atomic E-state index is -0.260. The van der Waals surface area contributed by atoms with Gasteiger partial charge in [-0.25, -0.2) is 4.98 Å². The lowest BCUT2D eigenvalue weighted by atomic mass is 10.00. The molecule has 1 aliphatic rings. The van der Waals surface area contributed by atoms with Crippen LogP contribution in [0.25, 0.3) is 16.7 Å². The van der Waals surface area contributed by atoms with Gasteiger partial charge in [0.15, 0.2) is 5.65 Å². The molecule has 0 unspecified atom stereocenters. The molecule has 0 saturated carbocycles. The van der Waals surface area contributed by atoms with Crippen molar-refractivity contribution in [1.29, 1.82) is 0 Å². The number of H-pyrrole nitrogens is 1. The van der Waals surface area contributed by atoms with Crippen molar-refractivity contribution in [2.45, 2.75) is 33.6 Å². The molecule has 0 atom stereocenters. The number of anilines is 1. The minimum absolute atomic E-state index is 0.260. The molecule has 0 bridgehead atoms. The van der Waals surface area contributed by atoms with E-state index in [0.717, 1.165) is 37.2 Å². The summed E-state index contributed by atoms with van der Waals surface area (Å²) in [5.74, 6) is 1.93. The smallest absolute Gasteiger partial charge is 0.264 e. The maximum absolute atomic E-state index is 12.9. The van der Waals surface area contributed by atoms with Gasteiger partial charge in [-0.3, -0.25) is 14.3 Å². The van der Waals surface area contributed by atoms with E-state index in [0.29, 0.717) is 38.4 Å². The van der Waals surface area contributed by atoms with E-state index in [9.17, 15) is 4.79 Å². The van der Waals surface area contributed by atoms with Gasteiger partial charge in [-0.2, -0.15) is 4.98 Å². The zero-order chi connectivity index (χ0) is 20.0. The van der Waals surface area contributed by atoms with Crippen LogP contribution in [0.5, 0.6) is 0 Å². The third-order valence-corrected chi connectivity index (χ3v) is 6.26. The van der Waals surface area contributed by atoms with Gasteiger partial charge in [-0.1, -0.05) is 36.8 Å². The predicted octanol–water partition coefficient (Wildman–Crippen LogP) is 4.34. The lowest BCUT2D eigenvalue weighted by Crippen LogP contribution is -2.35. The number of halogens is 1. The second-order valence-electron chi connectivity index (χ2n) is 7.44. The maximum atomic E-state index is 12.9. The van der Waals surface area contributed by atoms with Crippen LogP contribution in [0.3, 0.4) is 0 Å². The van der Waals surface area contributed by atoms with Crippen LogP contribution >= 0.6 is 23.8 Å². The molecule has 0 amide bonds. The molecular formula is C20H22ClN5OS. The fourth-order valence-corrected chi connectivity index (χ4v) is 4.26. The Bertz CT molecular complexity index is 1180. The zero-order valence-electron chi connectivity index (χ0n) is 16.1. The van der Waals surface area contributed by atoms with Crippen LogP contribution < -0.4 is 10.5 Å². The molecule has 1 aliphatic heterocycles. The van der Waals surface area contributed by atoms with Gasteiger partial charge in [0.05, 0.1) is 5.69 Å². The van der Waals surface area contributed by atoms with Gasteiger partial charge in [0.1, 0.15) is 15.9 Å². The van der Waals surface area contributed by atoms with Crippen molar-refractivity contribution < 1.29 is 0 Å². The van der Waals surface area contributed by atoms with Gasteiger partial charge in [0, 0.05) is 18.1 Å². The number of hydrogen-bond acceptors (Lipinski definition) is 5. The molecule has 3 heterocycles. The lowest BCUT2D eigenvalue weighted by Gasteiger charge is -2.30. The molecule has 1 N–H and O–H groups in total. The van der Waals surface area contributed by atoms with Gasteiger partial charge < -0.3 is 4.90 Å². The van der Waals surface area contributed by atoms with Crippen LogP contribution in [-0.4, -0.2) is 32.6 Å². The van der Waals surface area contributed by atoms with Crippen LogP contribution in [0, 0.1) is 24.4 Å². The van der Waals surface area contributed by atoms with Crippen LogP contribution in [-0.2, 0) is 0 Å². The summed E-state index contributed by atoms with van der Waals surface area (Å²) in [6.07, 6.45) is 2.17. The summed E-state index contributed by atoms with van der Waals surface area (Å²) in [6.45, 7) is 7.79. The number of piperidine rings is 1. The SMILES string of the molecule is Cc1c(Cl)cccc1-n1c(C)nc2nc(N3CCC(C)CC3)[nH]c(=O)c2c1=S. The van der Waals surface area contributed by atoms with E-state index in [1.165, 1.54) is 0 Å². The predicted molar refractivity (Wildman–Crippen MR) is 115 cm³/mol. The number of benzene rings is 1. The molecule has 4 rings (SSSR count). The second-order valence-corrected chi connectivity index (χ2v) is 8.24. The number of hydrogen-bond donors (Lipinski definition) is 1. The molecular weight excluding hydrogens is 394 g/mol. The van der Waals surface area contributed by atoms with Crippen molar-refractivity contribution in [3.05, 3.63) is 49.6 Å². The molecule has 0 aliphatic carbocycles. The fraction of sp³-hybridized carbons (Fsp3) is 0.400. The first-order chi connectivity index (χ1) is 13.4. The van der Waals surface area contributed by atoms with Crippen LogP contribution in [0.2, 0.25) is 5.02 Å². The summed E-state index contributed by atoms with van der Waals surface area (Å²) in [4.78, 5) is 27.2. The maximum Gasteiger partial charge on any atom is 0.264 e. The summed E-state index contributed by atoms with van der Waals surface area (Å²) < 4.78 is 2.18. The Hall–Kier alpha value is -2.25. The topological polar surface area (TPSA) is 66.8 Å². The molecule has 1 fully saturated rings. The minimum Gasteiger partial charge on any atom is -0.342 e. The van der Waals surface area contributed by atoms with E-state index in [1.807, 2.05) is 32.0 Å². The molecule has 8 heteroatoms. The first-order valence-electron chi connectivity index (χ1n) is 9.41. The zero-order valence-corrected chi connectivity index (χ0v) is 17.7. The number of aromatic nitrogens is 4. The highest BCUT2D eigenvalue weighted by Gasteiger charge is 2.20. The van der Waals surface area contributed by atoms with E-state index in [4.69, 9.17) is 23.8 Å². The van der Waals surface area contributed by atoms with Crippen LogP contribution in [0.1, 0.15) is 31.2 Å². The van der Waals surface area contributed by atoms with Crippen LogP contribution in [0.15, 0.2) is 23.0 Å². The Morgan fingerprint density at radius 1 is 1.21 bits per heavy atom. The van der Waals surface area contributed by atoms with E-state index >= 15 is 0 Å². The Labute approximate surface area is 173 Å². The van der Waals surface area contributed by atoms with Gasteiger partial charge in [0.2, 0.25) is 5.95 Å². The number of nitrogens with zero attached hydrogens (tertiary/aromatic N) is 4. The van der Waals surface area contributed by atoms with E-state index in [2.05, 4.69) is 26.8 Å². The van der Waals surface area contributed by atoms with E-state index in [-0.39, 0.29) is 5.56 Å². The molecule has 6 nitrogen and oxygen atoms in total. The van der Waals surface area contributed by atoms with Crippen LogP contribution in [0.4, 0.5) is 5.95 Å². The van der Waals surface area contributed by atoms with Crippen molar-refractivity contribution in [2.75, 3.05) is 18.0 Å². The highest BCUT2D eigenvalue weighted by atomic mass is 35.5. The molecule has 3 aromatic rings. The van der Waals surface area contributed by atoms with Crippen molar-refractivity contribution in [2.24, 2.45) is 5.92 Å². The Morgan fingerprint density at radius 3 is 2.64 bits per heavy atom. The van der Waals surface area contributed by atoms with Crippen molar-refractivity contribution in [3.63, 3.8) is 0 Å². The van der Waals surface area contributed by atoms with Gasteiger partial charge in [-0.05, 0) is 50.3 Å². The average molecular weight is 416 g/mol. The summed E-state index contributed by atoms with van der Waals surface area (Å²) in [6, 6.07) is 5.61. The number of aromatic amines is 1. The van der Waals surface area contributed by atoms with Crippen molar-refractivity contribution >= 4 is 40.8 Å². The summed E-state index contributed by atoms with van der Waals surface area (Å²) in [5, 5.41) is 0.967. The molecule has 2 aromatic heterocycles. The Morgan fingerprint density at radius 2 is 1.93 bits per heavy atom. The average Bonchev–Trinajstić information content (AvgIpc) is 2.65. The van der Waals surface area contributed by atoms with Gasteiger partial charge >= 0.3 is 0 Å². The fourth-order valence-electron chi connectivity index (χ4n) is 3.68. The van der Waals surface area contributed by atoms with E-state index < -0.39 is 0 Å². The molecule has 0 radical (unpaired) electrons. The third-order valence-electron chi connectivity index (χ3n) is 5.46. The van der Waals surface area contributed by atoms with Crippen molar-refractivity contribution in [3.8, 4) is 5.69 Å². The quantitative estimate of drug-likeness (QED) is 0.630. The molecule has 1 saturated heterocycles. The number of rotatable bonds is 2. The number of aryl methyl sites for hydroxylation is 1. The number of fused-ring (bicyclic) bond motifs is 1. The van der Waals surface area contributed by atoms with Crippen molar-refractivity contribution in [1.82, 2.24) is 19.5 Å². The Balaban J connectivity index is 1.90.